The molecule has 0 aromatic rings. The minimum absolute atomic E-state index is 0.136. The van der Waals surface area contributed by atoms with E-state index in [0.29, 0.717) is 32.4 Å². The van der Waals surface area contributed by atoms with Gasteiger partial charge in [-0.05, 0) is 25.7 Å². The Labute approximate surface area is 119 Å². The molecule has 0 unspecified atom stereocenters. The Morgan fingerprint density at radius 2 is 1.90 bits per heavy atom. The van der Waals surface area contributed by atoms with E-state index in [1.165, 1.54) is 0 Å². The second-order valence-electron chi connectivity index (χ2n) is 5.62. The van der Waals surface area contributed by atoms with Crippen LogP contribution in [0.4, 0.5) is 4.79 Å². The van der Waals surface area contributed by atoms with Crippen LogP contribution in [0.2, 0.25) is 0 Å². The molecule has 2 amide bonds. The molecular weight excluding hydrogens is 260 g/mol. The second kappa shape index (κ2) is 6.92. The standard InChI is InChI=1S/C14H24N2O4/c1-19-12-5-9-16(10-6-12)13(18)15-14(20-11-17)7-3-2-4-8-14/h11-12H,2-10H2,1H3,(H,15,18). The summed E-state index contributed by atoms with van der Waals surface area (Å²) in [5, 5.41) is 2.93. The molecule has 1 heterocycles. The van der Waals surface area contributed by atoms with Crippen molar-refractivity contribution < 1.29 is 19.1 Å². The van der Waals surface area contributed by atoms with Crippen molar-refractivity contribution in [2.24, 2.45) is 0 Å². The number of methoxy groups -OCH3 is 1. The normalized spacial score (nSPS) is 23.1. The minimum Gasteiger partial charge on any atom is -0.441 e. The number of ether oxygens (including phenoxy) is 2. The van der Waals surface area contributed by atoms with Gasteiger partial charge in [-0.15, -0.1) is 0 Å². The third-order valence-corrected chi connectivity index (χ3v) is 4.33. The first kappa shape index (κ1) is 15.1. The van der Waals surface area contributed by atoms with Gasteiger partial charge in [0.15, 0.2) is 5.72 Å². The first-order valence-corrected chi connectivity index (χ1v) is 7.40. The number of rotatable bonds is 4. The van der Waals surface area contributed by atoms with Crippen LogP contribution in [0.15, 0.2) is 0 Å². The van der Waals surface area contributed by atoms with Crippen molar-refractivity contribution in [3.63, 3.8) is 0 Å². The van der Waals surface area contributed by atoms with Crippen LogP contribution in [0.3, 0.4) is 0 Å². The highest BCUT2D eigenvalue weighted by atomic mass is 16.6. The molecule has 1 saturated heterocycles. The van der Waals surface area contributed by atoms with E-state index in [1.807, 2.05) is 0 Å². The van der Waals surface area contributed by atoms with Gasteiger partial charge in [0.1, 0.15) is 0 Å². The second-order valence-corrected chi connectivity index (χ2v) is 5.62. The lowest BCUT2D eigenvalue weighted by atomic mass is 9.91. The Morgan fingerprint density at radius 1 is 1.25 bits per heavy atom. The number of hydrogen-bond acceptors (Lipinski definition) is 4. The topological polar surface area (TPSA) is 67.9 Å². The summed E-state index contributed by atoms with van der Waals surface area (Å²) in [6.45, 7) is 1.81. The Bertz CT molecular complexity index is 334. The third-order valence-electron chi connectivity index (χ3n) is 4.33. The first-order chi connectivity index (χ1) is 9.69. The van der Waals surface area contributed by atoms with E-state index in [-0.39, 0.29) is 12.1 Å². The van der Waals surface area contributed by atoms with E-state index in [1.54, 1.807) is 12.0 Å². The van der Waals surface area contributed by atoms with Gasteiger partial charge in [-0.3, -0.25) is 10.1 Å². The molecule has 1 aliphatic heterocycles. The maximum absolute atomic E-state index is 12.3. The van der Waals surface area contributed by atoms with Gasteiger partial charge < -0.3 is 14.4 Å². The van der Waals surface area contributed by atoms with Crippen LogP contribution >= 0.6 is 0 Å². The number of nitrogens with zero attached hydrogens (tertiary/aromatic N) is 1. The van der Waals surface area contributed by atoms with Crippen molar-refractivity contribution in [3.05, 3.63) is 0 Å². The molecular formula is C14H24N2O4. The van der Waals surface area contributed by atoms with Crippen molar-refractivity contribution >= 4 is 12.5 Å². The SMILES string of the molecule is COC1CCN(C(=O)NC2(OC=O)CCCCC2)CC1. The Morgan fingerprint density at radius 3 is 2.45 bits per heavy atom. The predicted octanol–water partition coefficient (Wildman–Crippen LogP) is 1.64. The summed E-state index contributed by atoms with van der Waals surface area (Å²) < 4.78 is 10.5. The molecule has 2 rings (SSSR count). The zero-order valence-electron chi connectivity index (χ0n) is 12.1. The Hall–Kier alpha value is -1.30. The van der Waals surface area contributed by atoms with Crippen molar-refractivity contribution in [1.29, 1.82) is 0 Å². The monoisotopic (exact) mass is 284 g/mol. The number of carbonyl (C=O) groups is 2. The molecule has 1 N–H and O–H groups in total. The molecule has 0 radical (unpaired) electrons. The Kier molecular flexibility index (Phi) is 5.23. The largest absolute Gasteiger partial charge is 0.441 e. The smallest absolute Gasteiger partial charge is 0.320 e. The summed E-state index contributed by atoms with van der Waals surface area (Å²) >= 11 is 0. The summed E-state index contributed by atoms with van der Waals surface area (Å²) in [5.74, 6) is 0. The molecule has 1 aliphatic carbocycles. The summed E-state index contributed by atoms with van der Waals surface area (Å²) in [7, 11) is 1.70. The van der Waals surface area contributed by atoms with Gasteiger partial charge >= 0.3 is 6.03 Å². The molecule has 6 heteroatoms. The highest BCUT2D eigenvalue weighted by Crippen LogP contribution is 2.29. The van der Waals surface area contributed by atoms with E-state index in [2.05, 4.69) is 5.32 Å². The fourth-order valence-electron chi connectivity index (χ4n) is 3.06. The number of urea groups is 1. The molecule has 2 aliphatic rings. The van der Waals surface area contributed by atoms with E-state index in [0.717, 1.165) is 32.1 Å². The number of piperidine rings is 1. The predicted molar refractivity (Wildman–Crippen MR) is 73.1 cm³/mol. The lowest BCUT2D eigenvalue weighted by molar-refractivity contribution is -0.150. The molecule has 2 fully saturated rings. The maximum Gasteiger partial charge on any atom is 0.320 e. The molecule has 0 bridgehead atoms. The Balaban J connectivity index is 1.90. The van der Waals surface area contributed by atoms with Crippen LogP contribution in [0, 0.1) is 0 Å². The van der Waals surface area contributed by atoms with Crippen LogP contribution in [0.5, 0.6) is 0 Å². The molecule has 1 saturated carbocycles. The molecule has 0 spiro atoms. The molecule has 0 aromatic heterocycles. The molecule has 6 nitrogen and oxygen atoms in total. The van der Waals surface area contributed by atoms with Gasteiger partial charge in [-0.2, -0.15) is 0 Å². The van der Waals surface area contributed by atoms with Crippen molar-refractivity contribution in [2.45, 2.75) is 56.8 Å². The van der Waals surface area contributed by atoms with Crippen molar-refractivity contribution in [3.8, 4) is 0 Å². The summed E-state index contributed by atoms with van der Waals surface area (Å²) in [5.41, 5.74) is -0.796. The highest BCUT2D eigenvalue weighted by molar-refractivity contribution is 5.75. The van der Waals surface area contributed by atoms with Crippen LogP contribution < -0.4 is 5.32 Å². The third kappa shape index (κ3) is 3.62. The number of likely N-dealkylation sites (tertiary alicyclic amines) is 1. The molecule has 20 heavy (non-hydrogen) atoms. The minimum atomic E-state index is -0.796. The van der Waals surface area contributed by atoms with Crippen LogP contribution in [0.1, 0.15) is 44.9 Å². The van der Waals surface area contributed by atoms with Gasteiger partial charge in [-0.25, -0.2) is 4.79 Å². The van der Waals surface area contributed by atoms with E-state index in [4.69, 9.17) is 9.47 Å². The number of carbonyl (C=O) groups excluding carboxylic acids is 2. The zero-order valence-corrected chi connectivity index (χ0v) is 12.1. The number of nitrogens with one attached hydrogen (secondary N) is 1. The van der Waals surface area contributed by atoms with Gasteiger partial charge in [0.2, 0.25) is 0 Å². The maximum atomic E-state index is 12.3. The molecule has 0 aromatic carbocycles. The van der Waals surface area contributed by atoms with Crippen LogP contribution in [-0.2, 0) is 14.3 Å². The average molecular weight is 284 g/mol. The van der Waals surface area contributed by atoms with Gasteiger partial charge in [0, 0.05) is 33.0 Å². The highest BCUT2D eigenvalue weighted by Gasteiger charge is 2.37. The van der Waals surface area contributed by atoms with E-state index < -0.39 is 5.72 Å². The number of hydrogen-bond donors (Lipinski definition) is 1. The van der Waals surface area contributed by atoms with Gasteiger partial charge in [0.25, 0.3) is 6.47 Å². The van der Waals surface area contributed by atoms with Crippen LogP contribution in [0.25, 0.3) is 0 Å². The fraction of sp³-hybridized carbons (Fsp3) is 0.857. The van der Waals surface area contributed by atoms with Crippen molar-refractivity contribution in [2.75, 3.05) is 20.2 Å². The van der Waals surface area contributed by atoms with Crippen LogP contribution in [-0.4, -0.2) is 49.4 Å². The molecule has 114 valence electrons. The first-order valence-electron chi connectivity index (χ1n) is 7.40. The lowest BCUT2D eigenvalue weighted by Gasteiger charge is -2.39. The van der Waals surface area contributed by atoms with Gasteiger partial charge in [-0.1, -0.05) is 6.42 Å². The summed E-state index contributed by atoms with van der Waals surface area (Å²) in [6.07, 6.45) is 6.42. The van der Waals surface area contributed by atoms with E-state index in [9.17, 15) is 9.59 Å². The summed E-state index contributed by atoms with van der Waals surface area (Å²) in [6, 6.07) is -0.136. The summed E-state index contributed by atoms with van der Waals surface area (Å²) in [4.78, 5) is 24.8. The quantitative estimate of drug-likeness (QED) is 0.629. The number of amides is 2. The average Bonchev–Trinajstić information content (AvgIpc) is 2.48. The zero-order chi connectivity index (χ0) is 14.4. The van der Waals surface area contributed by atoms with E-state index >= 15 is 0 Å². The lowest BCUT2D eigenvalue weighted by Crippen LogP contribution is -2.57. The van der Waals surface area contributed by atoms with Crippen molar-refractivity contribution in [1.82, 2.24) is 10.2 Å². The fourth-order valence-corrected chi connectivity index (χ4v) is 3.06. The molecule has 0 atom stereocenters. The van der Waals surface area contributed by atoms with Gasteiger partial charge in [0.05, 0.1) is 6.10 Å².